The molecule has 5 heteroatoms. The second-order valence-electron chi connectivity index (χ2n) is 8.76. The van der Waals surface area contributed by atoms with E-state index in [1.807, 2.05) is 30.3 Å². The molecule has 3 aromatic rings. The van der Waals surface area contributed by atoms with Crippen molar-refractivity contribution in [1.82, 2.24) is 4.90 Å². The van der Waals surface area contributed by atoms with Gasteiger partial charge in [-0.2, -0.15) is 0 Å². The fourth-order valence-electron chi connectivity index (χ4n) is 4.49. The summed E-state index contributed by atoms with van der Waals surface area (Å²) in [6.07, 6.45) is 4.25. The minimum atomic E-state index is -0.602. The zero-order valence-electron chi connectivity index (χ0n) is 19.9. The SMILES string of the molecule is CCCCN(CCCC)C[C@@H](C(C)=O)[C@H](c1ccccc1)c1c(O)c2ccccc2oc1=O. The van der Waals surface area contributed by atoms with E-state index in [9.17, 15) is 14.7 Å². The molecule has 2 atom stereocenters. The zero-order chi connectivity index (χ0) is 23.8. The number of unbranched alkanes of at least 4 members (excludes halogenated alkanes) is 2. The van der Waals surface area contributed by atoms with Gasteiger partial charge in [-0.15, -0.1) is 0 Å². The third-order valence-electron chi connectivity index (χ3n) is 6.32. The van der Waals surface area contributed by atoms with Crippen LogP contribution in [0.5, 0.6) is 5.75 Å². The summed E-state index contributed by atoms with van der Waals surface area (Å²) < 4.78 is 5.60. The van der Waals surface area contributed by atoms with Gasteiger partial charge in [0, 0.05) is 18.4 Å². The maximum atomic E-state index is 13.2. The van der Waals surface area contributed by atoms with Gasteiger partial charge in [0.1, 0.15) is 17.1 Å². The number of fused-ring (bicyclic) bond motifs is 1. The minimum absolute atomic E-state index is 0.00573. The number of carbonyl (C=O) groups is 1. The van der Waals surface area contributed by atoms with Crippen LogP contribution in [0.2, 0.25) is 0 Å². The molecule has 0 fully saturated rings. The Bertz CT molecular complexity index is 1100. The van der Waals surface area contributed by atoms with Gasteiger partial charge in [-0.05, 0) is 50.6 Å². The largest absolute Gasteiger partial charge is 0.507 e. The molecule has 0 aliphatic rings. The van der Waals surface area contributed by atoms with Crippen molar-refractivity contribution >= 4 is 16.8 Å². The molecular weight excluding hydrogens is 414 g/mol. The maximum Gasteiger partial charge on any atom is 0.343 e. The fraction of sp³-hybridized carbons (Fsp3) is 0.429. The Morgan fingerprint density at radius 2 is 1.58 bits per heavy atom. The van der Waals surface area contributed by atoms with E-state index >= 15 is 0 Å². The van der Waals surface area contributed by atoms with Crippen molar-refractivity contribution in [3.63, 3.8) is 0 Å². The van der Waals surface area contributed by atoms with Gasteiger partial charge in [0.2, 0.25) is 0 Å². The Labute approximate surface area is 196 Å². The lowest BCUT2D eigenvalue weighted by molar-refractivity contribution is -0.121. The predicted molar refractivity (Wildman–Crippen MR) is 133 cm³/mol. The molecule has 33 heavy (non-hydrogen) atoms. The number of hydrogen-bond acceptors (Lipinski definition) is 5. The highest BCUT2D eigenvalue weighted by Crippen LogP contribution is 2.39. The molecule has 0 saturated carbocycles. The van der Waals surface area contributed by atoms with Crippen molar-refractivity contribution in [2.75, 3.05) is 19.6 Å². The molecule has 0 spiro atoms. The first-order chi connectivity index (χ1) is 16.0. The van der Waals surface area contributed by atoms with Gasteiger partial charge < -0.3 is 14.4 Å². The molecule has 0 aliphatic carbocycles. The monoisotopic (exact) mass is 449 g/mol. The number of nitrogens with zero attached hydrogens (tertiary/aromatic N) is 1. The summed E-state index contributed by atoms with van der Waals surface area (Å²) in [6, 6.07) is 16.5. The van der Waals surface area contributed by atoms with Crippen LogP contribution in [0.25, 0.3) is 11.0 Å². The standard InChI is InChI=1S/C28H35NO4/c1-4-6-17-29(18-7-5-2)19-23(20(3)30)25(21-13-9-8-10-14-21)26-27(31)22-15-11-12-16-24(22)33-28(26)32/h8-16,23,25,31H,4-7,17-19H2,1-3H3/t23-,25-/m0/s1. The van der Waals surface area contributed by atoms with E-state index < -0.39 is 17.5 Å². The van der Waals surface area contributed by atoms with E-state index in [4.69, 9.17) is 4.42 Å². The summed E-state index contributed by atoms with van der Waals surface area (Å²) in [6.45, 7) is 8.23. The van der Waals surface area contributed by atoms with Gasteiger partial charge in [0.25, 0.3) is 0 Å². The lowest BCUT2D eigenvalue weighted by Gasteiger charge is -2.31. The molecule has 0 radical (unpaired) electrons. The zero-order valence-corrected chi connectivity index (χ0v) is 19.9. The summed E-state index contributed by atoms with van der Waals surface area (Å²) in [5.41, 5.74) is 0.718. The smallest absolute Gasteiger partial charge is 0.343 e. The van der Waals surface area contributed by atoms with Gasteiger partial charge in [-0.25, -0.2) is 4.79 Å². The molecule has 0 aliphatic heterocycles. The number of para-hydroxylation sites is 1. The topological polar surface area (TPSA) is 70.8 Å². The van der Waals surface area contributed by atoms with Crippen molar-refractivity contribution < 1.29 is 14.3 Å². The Kier molecular flexibility index (Phi) is 8.84. The van der Waals surface area contributed by atoms with Gasteiger partial charge in [-0.3, -0.25) is 4.79 Å². The molecule has 1 aromatic heterocycles. The first-order valence-electron chi connectivity index (χ1n) is 12.0. The van der Waals surface area contributed by atoms with E-state index in [2.05, 4.69) is 18.7 Å². The number of ketones is 1. The molecule has 1 N–H and O–H groups in total. The molecule has 0 amide bonds. The summed E-state index contributed by atoms with van der Waals surface area (Å²) in [7, 11) is 0. The van der Waals surface area contributed by atoms with Gasteiger partial charge >= 0.3 is 5.63 Å². The van der Waals surface area contributed by atoms with Gasteiger partial charge in [-0.1, -0.05) is 69.2 Å². The number of rotatable bonds is 12. The molecular formula is C28H35NO4. The number of aromatic hydroxyl groups is 1. The van der Waals surface area contributed by atoms with Crippen molar-refractivity contribution in [1.29, 1.82) is 0 Å². The van der Waals surface area contributed by atoms with Crippen LogP contribution >= 0.6 is 0 Å². The molecule has 0 saturated heterocycles. The Hall–Kier alpha value is -2.92. The Morgan fingerprint density at radius 1 is 0.970 bits per heavy atom. The summed E-state index contributed by atoms with van der Waals surface area (Å²) >= 11 is 0. The lowest BCUT2D eigenvalue weighted by Crippen LogP contribution is -2.38. The van der Waals surface area contributed by atoms with Crippen molar-refractivity contribution in [2.24, 2.45) is 5.92 Å². The van der Waals surface area contributed by atoms with Crippen molar-refractivity contribution in [3.05, 3.63) is 76.1 Å². The van der Waals surface area contributed by atoms with Crippen molar-refractivity contribution in [2.45, 2.75) is 52.4 Å². The van der Waals surface area contributed by atoms with Crippen LogP contribution in [0.4, 0.5) is 0 Å². The van der Waals surface area contributed by atoms with E-state index in [1.54, 1.807) is 31.2 Å². The average Bonchev–Trinajstić information content (AvgIpc) is 2.82. The highest BCUT2D eigenvalue weighted by atomic mass is 16.4. The van der Waals surface area contributed by atoms with Gasteiger partial charge in [0.05, 0.1) is 10.9 Å². The number of Topliss-reactive ketones (excluding diaryl/α,β-unsaturated/α-hetero) is 1. The fourth-order valence-corrected chi connectivity index (χ4v) is 4.49. The Morgan fingerprint density at radius 3 is 2.18 bits per heavy atom. The van der Waals surface area contributed by atoms with Crippen LogP contribution in [-0.2, 0) is 4.79 Å². The van der Waals surface area contributed by atoms with Crippen LogP contribution in [-0.4, -0.2) is 35.4 Å². The second kappa shape index (κ2) is 11.8. The van der Waals surface area contributed by atoms with Crippen LogP contribution in [0.15, 0.2) is 63.8 Å². The number of benzene rings is 2. The summed E-state index contributed by atoms with van der Waals surface area (Å²) in [5.74, 6) is -1.20. The molecule has 5 nitrogen and oxygen atoms in total. The number of carbonyl (C=O) groups excluding carboxylic acids is 1. The van der Waals surface area contributed by atoms with Crippen LogP contribution < -0.4 is 5.63 Å². The van der Waals surface area contributed by atoms with Crippen LogP contribution in [0, 0.1) is 5.92 Å². The third kappa shape index (κ3) is 5.91. The summed E-state index contributed by atoms with van der Waals surface area (Å²) in [4.78, 5) is 28.6. The van der Waals surface area contributed by atoms with E-state index in [1.165, 1.54) is 0 Å². The van der Waals surface area contributed by atoms with Crippen molar-refractivity contribution in [3.8, 4) is 5.75 Å². The molecule has 1 heterocycles. The predicted octanol–water partition coefficient (Wildman–Crippen LogP) is 5.74. The van der Waals surface area contributed by atoms with E-state index in [-0.39, 0.29) is 17.1 Å². The lowest BCUT2D eigenvalue weighted by atomic mass is 9.78. The molecule has 2 aromatic carbocycles. The average molecular weight is 450 g/mol. The normalized spacial score (nSPS) is 13.3. The molecule has 3 rings (SSSR count). The minimum Gasteiger partial charge on any atom is -0.507 e. The molecule has 176 valence electrons. The van der Waals surface area contributed by atoms with Gasteiger partial charge in [0.15, 0.2) is 0 Å². The van der Waals surface area contributed by atoms with E-state index in [0.29, 0.717) is 17.5 Å². The highest BCUT2D eigenvalue weighted by molar-refractivity contribution is 5.86. The van der Waals surface area contributed by atoms with E-state index in [0.717, 1.165) is 44.3 Å². The van der Waals surface area contributed by atoms with Crippen LogP contribution in [0.3, 0.4) is 0 Å². The summed E-state index contributed by atoms with van der Waals surface area (Å²) in [5, 5.41) is 11.7. The molecule has 0 unspecified atom stereocenters. The quantitative estimate of drug-likeness (QED) is 0.357. The first-order valence-corrected chi connectivity index (χ1v) is 12.0. The second-order valence-corrected chi connectivity index (χ2v) is 8.76. The maximum absolute atomic E-state index is 13.2. The molecule has 0 bridgehead atoms. The third-order valence-corrected chi connectivity index (χ3v) is 6.32. The Balaban J connectivity index is 2.14. The van der Waals surface area contributed by atoms with Crippen LogP contribution in [0.1, 0.15) is 63.5 Å². The first kappa shape index (κ1) is 24.7. The number of hydrogen-bond donors (Lipinski definition) is 1. The highest BCUT2D eigenvalue weighted by Gasteiger charge is 2.35.